The summed E-state index contributed by atoms with van der Waals surface area (Å²) < 4.78 is 11.3. The van der Waals surface area contributed by atoms with Gasteiger partial charge < -0.3 is 14.8 Å². The summed E-state index contributed by atoms with van der Waals surface area (Å²) in [5.41, 5.74) is 0.969. The highest BCUT2D eigenvalue weighted by molar-refractivity contribution is 5.51. The second-order valence-electron chi connectivity index (χ2n) is 6.99. The second-order valence-corrected chi connectivity index (χ2v) is 6.99. The first-order valence-corrected chi connectivity index (χ1v) is 10.2. The van der Waals surface area contributed by atoms with Gasteiger partial charge in [-0.15, -0.1) is 5.10 Å². The molecule has 1 fully saturated rings. The number of anilines is 2. The van der Waals surface area contributed by atoms with Gasteiger partial charge in [0.15, 0.2) is 6.29 Å². The lowest BCUT2D eigenvalue weighted by atomic mass is 10.1. The number of tetrazole rings is 1. The molecule has 3 rings (SSSR count). The third-order valence-corrected chi connectivity index (χ3v) is 4.68. The van der Waals surface area contributed by atoms with E-state index < -0.39 is 0 Å². The number of nitrogens with one attached hydrogen (secondary N) is 1. The molecule has 7 nitrogen and oxygen atoms in total. The Bertz CT molecular complexity index is 628. The van der Waals surface area contributed by atoms with Crippen LogP contribution in [0.2, 0.25) is 0 Å². The van der Waals surface area contributed by atoms with E-state index in [9.17, 15) is 0 Å². The molecular formula is C20H31N5O2. The number of nitrogens with zero attached hydrogens (tertiary/aromatic N) is 4. The van der Waals surface area contributed by atoms with Gasteiger partial charge >= 0.3 is 0 Å². The van der Waals surface area contributed by atoms with Crippen LogP contribution in [0, 0.1) is 0 Å². The molecule has 0 bridgehead atoms. The third-order valence-electron chi connectivity index (χ3n) is 4.68. The maximum absolute atomic E-state index is 5.76. The summed E-state index contributed by atoms with van der Waals surface area (Å²) in [6.45, 7) is 2.49. The van der Waals surface area contributed by atoms with Crippen LogP contribution in [0.1, 0.15) is 57.8 Å². The predicted octanol–water partition coefficient (Wildman–Crippen LogP) is 4.30. The van der Waals surface area contributed by atoms with Crippen molar-refractivity contribution in [1.82, 2.24) is 20.2 Å². The maximum Gasteiger partial charge on any atom is 0.267 e. The van der Waals surface area contributed by atoms with Crippen molar-refractivity contribution in [2.75, 3.05) is 18.5 Å². The van der Waals surface area contributed by atoms with Crippen molar-refractivity contribution in [1.29, 1.82) is 0 Å². The number of rotatable bonds is 12. The van der Waals surface area contributed by atoms with Gasteiger partial charge in [-0.3, -0.25) is 0 Å². The van der Waals surface area contributed by atoms with Crippen LogP contribution in [0.4, 0.5) is 11.6 Å². The van der Waals surface area contributed by atoms with Gasteiger partial charge in [-0.05, 0) is 49.5 Å². The number of ether oxygens (including phenoxy) is 2. The van der Waals surface area contributed by atoms with E-state index in [0.29, 0.717) is 5.95 Å². The predicted molar refractivity (Wildman–Crippen MR) is 105 cm³/mol. The zero-order chi connectivity index (χ0) is 18.6. The minimum Gasteiger partial charge on any atom is -0.353 e. The molecule has 7 heteroatoms. The molecule has 0 spiro atoms. The molecule has 2 heterocycles. The van der Waals surface area contributed by atoms with E-state index >= 15 is 0 Å². The van der Waals surface area contributed by atoms with E-state index in [4.69, 9.17) is 9.47 Å². The SMILES string of the molecule is c1ccc(Nc2nnn(CCCCCCCCOC3CCCCO3)n2)cc1. The zero-order valence-electron chi connectivity index (χ0n) is 16.1. The fourth-order valence-corrected chi connectivity index (χ4v) is 3.16. The minimum absolute atomic E-state index is 0.0511. The number of hydrogen-bond acceptors (Lipinski definition) is 6. The molecule has 0 saturated carbocycles. The lowest BCUT2D eigenvalue weighted by molar-refractivity contribution is -0.162. The van der Waals surface area contributed by atoms with E-state index in [-0.39, 0.29) is 6.29 Å². The van der Waals surface area contributed by atoms with E-state index in [0.717, 1.165) is 44.7 Å². The molecule has 148 valence electrons. The van der Waals surface area contributed by atoms with Gasteiger partial charge in [-0.2, -0.15) is 4.80 Å². The Hall–Kier alpha value is -1.99. The maximum atomic E-state index is 5.76. The molecule has 1 aliphatic heterocycles. The van der Waals surface area contributed by atoms with Crippen LogP contribution in [0.15, 0.2) is 30.3 Å². The molecule has 1 aromatic heterocycles. The number of hydrogen-bond donors (Lipinski definition) is 1. The first kappa shape index (κ1) is 19.8. The second kappa shape index (κ2) is 11.7. The Kier molecular flexibility index (Phi) is 8.54. The lowest BCUT2D eigenvalue weighted by Gasteiger charge is -2.22. The van der Waals surface area contributed by atoms with Gasteiger partial charge in [0.2, 0.25) is 0 Å². The van der Waals surface area contributed by atoms with Crippen LogP contribution >= 0.6 is 0 Å². The molecule has 1 aromatic carbocycles. The quantitative estimate of drug-likeness (QED) is 0.559. The van der Waals surface area contributed by atoms with Crippen LogP contribution in [0.3, 0.4) is 0 Å². The Morgan fingerprint density at radius 2 is 1.85 bits per heavy atom. The van der Waals surface area contributed by atoms with Crippen LogP contribution in [-0.2, 0) is 16.0 Å². The molecule has 1 aliphatic rings. The van der Waals surface area contributed by atoms with Crippen molar-refractivity contribution >= 4 is 11.6 Å². The Morgan fingerprint density at radius 3 is 2.67 bits per heavy atom. The molecule has 0 radical (unpaired) electrons. The van der Waals surface area contributed by atoms with Crippen molar-refractivity contribution in [2.45, 2.75) is 70.6 Å². The van der Waals surface area contributed by atoms with E-state index in [1.807, 2.05) is 30.3 Å². The number of unbranched alkanes of at least 4 members (excludes halogenated alkanes) is 5. The highest BCUT2D eigenvalue weighted by Gasteiger charge is 2.13. The molecule has 1 N–H and O–H groups in total. The summed E-state index contributed by atoms with van der Waals surface area (Å²) in [6.07, 6.45) is 10.6. The van der Waals surface area contributed by atoms with Crippen molar-refractivity contribution in [2.24, 2.45) is 0 Å². The highest BCUT2D eigenvalue weighted by Crippen LogP contribution is 2.15. The fraction of sp³-hybridized carbons (Fsp3) is 0.650. The Labute approximate surface area is 161 Å². The summed E-state index contributed by atoms with van der Waals surface area (Å²) in [5.74, 6) is 0.545. The topological polar surface area (TPSA) is 74.1 Å². The minimum atomic E-state index is 0.0511. The van der Waals surface area contributed by atoms with Crippen molar-refractivity contribution in [3.63, 3.8) is 0 Å². The van der Waals surface area contributed by atoms with Gasteiger partial charge in [-0.1, -0.05) is 49.0 Å². The van der Waals surface area contributed by atoms with Gasteiger partial charge in [0.25, 0.3) is 5.95 Å². The zero-order valence-corrected chi connectivity index (χ0v) is 16.1. The standard InChI is InChI=1S/C20H31N5O2/c1(2-4-10-16-26-19-14-8-11-17-27-19)3-9-15-25-23-20(22-24-25)21-18-12-6-5-7-13-18/h5-7,12-13,19H,1-4,8-11,14-17H2,(H,21,23). The molecule has 1 atom stereocenters. The summed E-state index contributed by atoms with van der Waals surface area (Å²) in [6, 6.07) is 9.89. The molecule has 27 heavy (non-hydrogen) atoms. The molecule has 1 unspecified atom stereocenters. The molecule has 2 aromatic rings. The molecule has 1 saturated heterocycles. The van der Waals surface area contributed by atoms with Crippen molar-refractivity contribution < 1.29 is 9.47 Å². The van der Waals surface area contributed by atoms with E-state index in [2.05, 4.69) is 20.7 Å². The van der Waals surface area contributed by atoms with Crippen LogP contribution < -0.4 is 5.32 Å². The smallest absolute Gasteiger partial charge is 0.267 e. The van der Waals surface area contributed by atoms with E-state index in [1.54, 1.807) is 4.80 Å². The largest absolute Gasteiger partial charge is 0.353 e. The number of aromatic nitrogens is 4. The summed E-state index contributed by atoms with van der Waals surface area (Å²) in [4.78, 5) is 1.67. The number of benzene rings is 1. The Balaban J connectivity index is 1.18. The normalized spacial score (nSPS) is 17.1. The monoisotopic (exact) mass is 373 g/mol. The van der Waals surface area contributed by atoms with Crippen LogP contribution in [0.5, 0.6) is 0 Å². The molecule has 0 amide bonds. The average Bonchev–Trinajstić information content (AvgIpc) is 3.15. The summed E-state index contributed by atoms with van der Waals surface area (Å²) in [7, 11) is 0. The summed E-state index contributed by atoms with van der Waals surface area (Å²) >= 11 is 0. The van der Waals surface area contributed by atoms with E-state index in [1.165, 1.54) is 38.5 Å². The molecule has 0 aliphatic carbocycles. The van der Waals surface area contributed by atoms with Gasteiger partial charge in [0.05, 0.1) is 6.54 Å². The first-order chi connectivity index (χ1) is 13.4. The first-order valence-electron chi connectivity index (χ1n) is 10.2. The average molecular weight is 374 g/mol. The van der Waals surface area contributed by atoms with Crippen molar-refractivity contribution in [3.8, 4) is 0 Å². The van der Waals surface area contributed by atoms with Gasteiger partial charge in [0, 0.05) is 18.9 Å². The Morgan fingerprint density at radius 1 is 1.04 bits per heavy atom. The highest BCUT2D eigenvalue weighted by atomic mass is 16.7. The number of para-hydroxylation sites is 1. The van der Waals surface area contributed by atoms with Crippen LogP contribution in [-0.4, -0.2) is 39.7 Å². The van der Waals surface area contributed by atoms with Crippen LogP contribution in [0.25, 0.3) is 0 Å². The lowest BCUT2D eigenvalue weighted by Crippen LogP contribution is -2.22. The van der Waals surface area contributed by atoms with Crippen molar-refractivity contribution in [3.05, 3.63) is 30.3 Å². The van der Waals surface area contributed by atoms with Gasteiger partial charge in [-0.25, -0.2) is 0 Å². The van der Waals surface area contributed by atoms with Gasteiger partial charge in [0.1, 0.15) is 0 Å². The molecular weight excluding hydrogens is 342 g/mol. The fourth-order valence-electron chi connectivity index (χ4n) is 3.16. The summed E-state index contributed by atoms with van der Waals surface area (Å²) in [5, 5.41) is 15.7. The number of aryl methyl sites for hydroxylation is 1. The third kappa shape index (κ3) is 7.64.